The number of nitrogens with one attached hydrogen (secondary N) is 1. The number of aromatic nitrogens is 2. The van der Waals surface area contributed by atoms with Gasteiger partial charge in [-0.2, -0.15) is 0 Å². The zero-order valence-electron chi connectivity index (χ0n) is 8.12. The smallest absolute Gasteiger partial charge is 0.178 e. The number of nitrogens with zero attached hydrogens (tertiary/aromatic N) is 1. The molecule has 0 radical (unpaired) electrons. The molecule has 0 fully saturated rings. The van der Waals surface area contributed by atoms with E-state index in [2.05, 4.69) is 20.9 Å². The normalized spacial score (nSPS) is 10.5. The van der Waals surface area contributed by atoms with E-state index in [-0.39, 0.29) is 0 Å². The number of anilines is 1. The summed E-state index contributed by atoms with van der Waals surface area (Å²) in [5.74, 6) is 0.655. The SMILES string of the molecule is Cn1c(N)c(-c2ccc(Br)cc2)[nH]c1=S. The zero-order valence-corrected chi connectivity index (χ0v) is 10.5. The summed E-state index contributed by atoms with van der Waals surface area (Å²) in [5, 5.41) is 0. The molecule has 0 aliphatic heterocycles. The third kappa shape index (κ3) is 1.85. The van der Waals surface area contributed by atoms with E-state index in [1.165, 1.54) is 0 Å². The van der Waals surface area contributed by atoms with Crippen LogP contribution in [0.15, 0.2) is 28.7 Å². The molecule has 0 aliphatic rings. The lowest BCUT2D eigenvalue weighted by molar-refractivity contribution is 0.906. The monoisotopic (exact) mass is 283 g/mol. The van der Waals surface area contributed by atoms with Gasteiger partial charge in [-0.15, -0.1) is 0 Å². The molecule has 0 spiro atoms. The molecule has 0 aliphatic carbocycles. The Labute approximate surface area is 101 Å². The summed E-state index contributed by atoms with van der Waals surface area (Å²) in [5.41, 5.74) is 7.83. The van der Waals surface area contributed by atoms with Crippen molar-refractivity contribution in [1.29, 1.82) is 0 Å². The molecule has 0 unspecified atom stereocenters. The minimum atomic E-state index is 0.630. The Bertz CT molecular complexity index is 539. The van der Waals surface area contributed by atoms with Crippen LogP contribution in [-0.4, -0.2) is 9.55 Å². The molecule has 1 aromatic carbocycles. The Morgan fingerprint density at radius 2 is 1.93 bits per heavy atom. The van der Waals surface area contributed by atoms with Crippen LogP contribution >= 0.6 is 28.1 Å². The van der Waals surface area contributed by atoms with Crippen LogP contribution in [0.2, 0.25) is 0 Å². The first-order valence-electron chi connectivity index (χ1n) is 4.40. The second-order valence-corrected chi connectivity index (χ2v) is 4.56. The Hall–Kier alpha value is -1.07. The van der Waals surface area contributed by atoms with Gasteiger partial charge in [-0.1, -0.05) is 28.1 Å². The highest BCUT2D eigenvalue weighted by molar-refractivity contribution is 9.10. The fraction of sp³-hybridized carbons (Fsp3) is 0.100. The maximum absolute atomic E-state index is 5.93. The lowest BCUT2D eigenvalue weighted by Gasteiger charge is -2.00. The van der Waals surface area contributed by atoms with Crippen molar-refractivity contribution in [3.8, 4) is 11.3 Å². The minimum Gasteiger partial charge on any atom is -0.383 e. The summed E-state index contributed by atoms with van der Waals surface area (Å²) < 4.78 is 3.43. The molecule has 1 aromatic heterocycles. The van der Waals surface area contributed by atoms with E-state index >= 15 is 0 Å². The van der Waals surface area contributed by atoms with Crippen molar-refractivity contribution < 1.29 is 0 Å². The fourth-order valence-electron chi connectivity index (χ4n) is 1.37. The largest absolute Gasteiger partial charge is 0.383 e. The Kier molecular flexibility index (Phi) is 2.67. The van der Waals surface area contributed by atoms with Crippen LogP contribution < -0.4 is 5.73 Å². The number of nitrogen functional groups attached to an aromatic ring is 1. The fourth-order valence-corrected chi connectivity index (χ4v) is 1.83. The van der Waals surface area contributed by atoms with Gasteiger partial charge >= 0.3 is 0 Å². The highest BCUT2D eigenvalue weighted by Gasteiger charge is 2.07. The van der Waals surface area contributed by atoms with Crippen LogP contribution in [0.1, 0.15) is 0 Å². The molecule has 5 heteroatoms. The van der Waals surface area contributed by atoms with Crippen molar-refractivity contribution in [3.63, 3.8) is 0 Å². The van der Waals surface area contributed by atoms with Crippen molar-refractivity contribution in [3.05, 3.63) is 33.5 Å². The van der Waals surface area contributed by atoms with Crippen molar-refractivity contribution in [2.75, 3.05) is 5.73 Å². The Morgan fingerprint density at radius 1 is 1.33 bits per heavy atom. The summed E-state index contributed by atoms with van der Waals surface area (Å²) in [7, 11) is 1.84. The molecule has 0 saturated heterocycles. The quantitative estimate of drug-likeness (QED) is 0.790. The number of halogens is 1. The van der Waals surface area contributed by atoms with Gasteiger partial charge < -0.3 is 15.3 Å². The molecule has 0 bridgehead atoms. The van der Waals surface area contributed by atoms with E-state index in [0.29, 0.717) is 10.6 Å². The molecular formula is C10H10BrN3S. The van der Waals surface area contributed by atoms with Gasteiger partial charge in [-0.05, 0) is 24.4 Å². The minimum absolute atomic E-state index is 0.630. The van der Waals surface area contributed by atoms with Crippen molar-refractivity contribution in [2.24, 2.45) is 7.05 Å². The first kappa shape index (κ1) is 10.4. The third-order valence-corrected chi connectivity index (χ3v) is 3.19. The average molecular weight is 284 g/mol. The van der Waals surface area contributed by atoms with Gasteiger partial charge in [0.2, 0.25) is 0 Å². The second-order valence-electron chi connectivity index (χ2n) is 3.26. The summed E-state index contributed by atoms with van der Waals surface area (Å²) >= 11 is 8.49. The second kappa shape index (κ2) is 3.83. The number of hydrogen-bond donors (Lipinski definition) is 2. The standard InChI is InChI=1S/C10H10BrN3S/c1-14-9(12)8(13-10(14)15)6-2-4-7(11)5-3-6/h2-5H,12H2,1H3,(H,13,15). The van der Waals surface area contributed by atoms with Gasteiger partial charge in [-0.25, -0.2) is 0 Å². The van der Waals surface area contributed by atoms with Gasteiger partial charge in [0.1, 0.15) is 5.82 Å². The van der Waals surface area contributed by atoms with Gasteiger partial charge in [0.25, 0.3) is 0 Å². The number of aromatic amines is 1. The predicted molar refractivity (Wildman–Crippen MR) is 68.1 cm³/mol. The summed E-state index contributed by atoms with van der Waals surface area (Å²) in [4.78, 5) is 3.09. The lowest BCUT2D eigenvalue weighted by atomic mass is 10.1. The molecule has 0 saturated carbocycles. The van der Waals surface area contributed by atoms with Gasteiger partial charge in [0.15, 0.2) is 4.77 Å². The van der Waals surface area contributed by atoms with Crippen LogP contribution in [0.5, 0.6) is 0 Å². The third-order valence-electron chi connectivity index (χ3n) is 2.29. The highest BCUT2D eigenvalue weighted by Crippen LogP contribution is 2.25. The predicted octanol–water partition coefficient (Wildman–Crippen LogP) is 3.09. The Morgan fingerprint density at radius 3 is 2.40 bits per heavy atom. The number of imidazole rings is 1. The van der Waals surface area contributed by atoms with Crippen LogP contribution in [0.25, 0.3) is 11.3 Å². The van der Waals surface area contributed by atoms with Crippen molar-refractivity contribution in [2.45, 2.75) is 0 Å². The molecular weight excluding hydrogens is 274 g/mol. The van der Waals surface area contributed by atoms with Crippen molar-refractivity contribution >= 4 is 34.0 Å². The van der Waals surface area contributed by atoms with E-state index in [0.717, 1.165) is 15.7 Å². The molecule has 3 N–H and O–H groups in total. The Balaban J connectivity index is 2.59. The van der Waals surface area contributed by atoms with Crippen LogP contribution in [-0.2, 0) is 7.05 Å². The molecule has 2 rings (SSSR count). The van der Waals surface area contributed by atoms with E-state index in [1.54, 1.807) is 4.57 Å². The van der Waals surface area contributed by atoms with Gasteiger partial charge in [0, 0.05) is 17.1 Å². The van der Waals surface area contributed by atoms with E-state index in [9.17, 15) is 0 Å². The zero-order chi connectivity index (χ0) is 11.0. The summed E-state index contributed by atoms with van der Waals surface area (Å²) in [6.45, 7) is 0. The van der Waals surface area contributed by atoms with Crippen LogP contribution in [0.3, 0.4) is 0 Å². The first-order valence-corrected chi connectivity index (χ1v) is 5.60. The van der Waals surface area contributed by atoms with Crippen LogP contribution in [0.4, 0.5) is 5.82 Å². The maximum atomic E-state index is 5.93. The molecule has 0 atom stereocenters. The highest BCUT2D eigenvalue weighted by atomic mass is 79.9. The number of hydrogen-bond acceptors (Lipinski definition) is 2. The first-order chi connectivity index (χ1) is 7.09. The topological polar surface area (TPSA) is 46.7 Å². The summed E-state index contributed by atoms with van der Waals surface area (Å²) in [6.07, 6.45) is 0. The van der Waals surface area contributed by atoms with Gasteiger partial charge in [-0.3, -0.25) is 0 Å². The van der Waals surface area contributed by atoms with E-state index in [1.807, 2.05) is 31.3 Å². The molecule has 3 nitrogen and oxygen atoms in total. The molecule has 2 aromatic rings. The molecule has 1 heterocycles. The van der Waals surface area contributed by atoms with Gasteiger partial charge in [0.05, 0.1) is 5.69 Å². The van der Waals surface area contributed by atoms with Crippen LogP contribution in [0, 0.1) is 4.77 Å². The van der Waals surface area contributed by atoms with E-state index < -0.39 is 0 Å². The molecule has 0 amide bonds. The number of benzene rings is 1. The van der Waals surface area contributed by atoms with E-state index in [4.69, 9.17) is 18.0 Å². The average Bonchev–Trinajstić information content (AvgIpc) is 2.47. The number of rotatable bonds is 1. The summed E-state index contributed by atoms with van der Waals surface area (Å²) in [6, 6.07) is 7.92. The maximum Gasteiger partial charge on any atom is 0.178 e. The molecule has 15 heavy (non-hydrogen) atoms. The number of nitrogens with two attached hydrogens (primary N) is 1. The number of H-pyrrole nitrogens is 1. The van der Waals surface area contributed by atoms with Crippen molar-refractivity contribution in [1.82, 2.24) is 9.55 Å². The molecule has 78 valence electrons. The lowest BCUT2D eigenvalue weighted by Crippen LogP contribution is -1.96.